The molecule has 4 N–H and O–H groups in total. The van der Waals surface area contributed by atoms with E-state index >= 15 is 92.2 Å². The molecule has 6 nitrogen and oxygen atoms in total. The second-order valence-corrected chi connectivity index (χ2v) is 19.3. The first kappa shape index (κ1) is 59.8. The first-order valence-corrected chi connectivity index (χ1v) is 24.7. The molecule has 9 aromatic rings. The van der Waals surface area contributed by atoms with Crippen LogP contribution in [-0.4, -0.2) is 31.4 Å². The second kappa shape index (κ2) is 21.1. The topological polar surface area (TPSA) is 87.9 Å². The second-order valence-electron chi connectivity index (χ2n) is 19.3. The fourth-order valence-corrected chi connectivity index (χ4v) is 10.7. The number of nitrogens with one attached hydrogen (secondary N) is 4. The monoisotopic (exact) mass is 1280 g/mol. The molecular weight excluding hydrogens is 1270 g/mol. The minimum Gasteiger partial charge on any atom is -0.361 e. The number of allylic oxidation sites excluding steroid dienone is 4. The molecule has 0 unspecified atom stereocenters. The van der Waals surface area contributed by atoms with Crippen molar-refractivity contribution in [1.29, 1.82) is 0 Å². The number of hydrogen-bond acceptors (Lipinski definition) is 2. The minimum atomic E-state index is -3.83. The summed E-state index contributed by atoms with van der Waals surface area (Å²) >= 11 is 0. The van der Waals surface area contributed by atoms with Gasteiger partial charge in [-0.1, -0.05) is 0 Å². The molecule has 5 aromatic carbocycles. The molecule has 90 heavy (non-hydrogen) atoms. The Balaban J connectivity index is 1.33. The van der Waals surface area contributed by atoms with Crippen LogP contribution >= 0.6 is 0 Å². The fourth-order valence-electron chi connectivity index (χ4n) is 10.7. The summed E-state index contributed by atoms with van der Waals surface area (Å²) in [6.45, 7) is 0. The largest absolute Gasteiger partial charge is 0.361 e. The summed E-state index contributed by atoms with van der Waals surface area (Å²) < 4.78 is 394. The van der Waals surface area contributed by atoms with Crippen LogP contribution in [0.25, 0.3) is 22.3 Å². The molecule has 3 aliphatic rings. The van der Waals surface area contributed by atoms with Gasteiger partial charge in [-0.2, -0.15) is 0 Å². The molecule has 0 radical (unpaired) electrons. The van der Waals surface area contributed by atoms with Crippen LogP contribution in [0.2, 0.25) is 0 Å². The molecule has 0 aliphatic carbocycles. The molecule has 12 rings (SSSR count). The number of benzene rings is 5. The van der Waals surface area contributed by atoms with E-state index in [-0.39, 0.29) is 0 Å². The summed E-state index contributed by atoms with van der Waals surface area (Å²) in [5.74, 6) is -69.0. The summed E-state index contributed by atoms with van der Waals surface area (Å²) in [6, 6.07) is 4.90. The van der Waals surface area contributed by atoms with Crippen LogP contribution in [0.3, 0.4) is 0 Å². The SMILES string of the molecule is Fc1c(F)c(F)c(/C(=C2\C=CC([C@@]3(c4c(F)c(F)c(F)c(F)c4F)c4ccc([nH]4)/C(c4c(F)c(F)c(F)c(F)c4F)=C4/C=CC(=N4)/C(c4c(F)c(F)c(F)c(F)c4F)=c4/cc/c([nH]4)=C(\c4c(F)c(F)c(F)c(F)c4F)c4ccc3[nH]4)=N2)c2ccc[nH]2)c(F)c1F. The van der Waals surface area contributed by atoms with E-state index in [4.69, 9.17) is 0 Å². The van der Waals surface area contributed by atoms with E-state index in [9.17, 15) is 17.6 Å². The Kier molecular flexibility index (Phi) is 14.0. The highest BCUT2D eigenvalue weighted by Gasteiger charge is 2.51. The highest BCUT2D eigenvalue weighted by Crippen LogP contribution is 2.49. The molecule has 31 heteroatoms. The Morgan fingerprint density at radius 1 is 0.333 bits per heavy atom. The number of hydrogen-bond donors (Lipinski definition) is 4. The first-order chi connectivity index (χ1) is 42.6. The molecule has 0 amide bonds. The van der Waals surface area contributed by atoms with Crippen LogP contribution in [-0.2, 0) is 5.41 Å². The Bertz CT molecular complexity index is 4930. The molecule has 3 aliphatic heterocycles. The van der Waals surface area contributed by atoms with E-state index in [1.165, 1.54) is 0 Å². The van der Waals surface area contributed by atoms with Crippen molar-refractivity contribution >= 4 is 33.7 Å². The van der Waals surface area contributed by atoms with Gasteiger partial charge in [0.2, 0.25) is 29.1 Å². The highest BCUT2D eigenvalue weighted by molar-refractivity contribution is 6.30. The van der Waals surface area contributed by atoms with Crippen LogP contribution < -0.4 is 10.7 Å². The van der Waals surface area contributed by atoms with Crippen molar-refractivity contribution in [3.05, 3.63) is 303 Å². The lowest BCUT2D eigenvalue weighted by Gasteiger charge is -2.34. The maximum atomic E-state index is 17.4. The zero-order chi connectivity index (χ0) is 64.9. The van der Waals surface area contributed by atoms with E-state index in [0.717, 1.165) is 18.3 Å². The van der Waals surface area contributed by atoms with Crippen LogP contribution in [0.1, 0.15) is 56.3 Å². The maximum absolute atomic E-state index is 17.4. The predicted octanol–water partition coefficient (Wildman–Crippen LogP) is 14.5. The lowest BCUT2D eigenvalue weighted by Crippen LogP contribution is -2.41. The third kappa shape index (κ3) is 8.32. The van der Waals surface area contributed by atoms with Gasteiger partial charge in [0, 0.05) is 67.7 Å². The van der Waals surface area contributed by atoms with Gasteiger partial charge in [-0.25, -0.2) is 115 Å². The molecule has 0 saturated heterocycles. The van der Waals surface area contributed by atoms with Crippen molar-refractivity contribution in [1.82, 2.24) is 19.9 Å². The maximum Gasteiger partial charge on any atom is 0.200 e. The normalized spacial score (nSPS) is 18.2. The number of halogens is 25. The Morgan fingerprint density at radius 3 is 1.17 bits per heavy atom. The number of aromatic nitrogens is 4. The van der Waals surface area contributed by atoms with E-state index < -0.39 is 263 Å². The molecule has 0 fully saturated rings. The molecule has 4 aromatic heterocycles. The third-order valence-electron chi connectivity index (χ3n) is 14.7. The van der Waals surface area contributed by atoms with E-state index in [0.29, 0.717) is 60.7 Å². The van der Waals surface area contributed by atoms with Crippen LogP contribution in [0, 0.1) is 145 Å². The number of aliphatic imine (C=N–C) groups is 2. The number of H-pyrrole nitrogens is 4. The quantitative estimate of drug-likeness (QED) is 0.0696. The summed E-state index contributed by atoms with van der Waals surface area (Å²) in [6.07, 6.45) is 3.03. The van der Waals surface area contributed by atoms with E-state index in [2.05, 4.69) is 29.9 Å². The van der Waals surface area contributed by atoms with Gasteiger partial charge in [-0.15, -0.1) is 0 Å². The number of fused-ring (bicyclic) bond motifs is 7. The molecule has 0 spiro atoms. The van der Waals surface area contributed by atoms with E-state index in [1.807, 2.05) is 0 Å². The molecule has 7 heterocycles. The fraction of sp³-hybridized carbons (Fsp3) is 0.0169. The number of nitrogens with zero attached hydrogens (tertiary/aromatic N) is 2. The standard InChI is InChI=1S/C59H17F25N6/c60-34-29(35(61)45(71)54(80)44(34)70)25(14-2-1-13-85-14)19-7-10-22(88-19)59(33-42(68)52(78)58(84)53(79)43(33)69)23-11-8-20(89-23)27(31-38(64)48(74)56(82)49(75)39(31)65)17-5-3-15(86-17)26(30-36(62)46(72)55(81)47(73)37(30)63)16-4-6-18(87-16)28(21-9-12-24(59)90-21)32-40(66)50(76)57(83)51(77)41(32)67/h1-13,85-86,89-90H/b25-19+,26-15+,27-17+,28-18+/t59-/m0/s1. The summed E-state index contributed by atoms with van der Waals surface area (Å²) in [5.41, 5.74) is -29.8. The lowest BCUT2D eigenvalue weighted by atomic mass is 9.70. The van der Waals surface area contributed by atoms with Gasteiger partial charge in [0.1, 0.15) is 5.41 Å². The Morgan fingerprint density at radius 2 is 0.722 bits per heavy atom. The van der Waals surface area contributed by atoms with Crippen molar-refractivity contribution in [2.75, 3.05) is 0 Å². The summed E-state index contributed by atoms with van der Waals surface area (Å²) in [5, 5.41) is -2.19. The Labute approximate surface area is 480 Å². The highest BCUT2D eigenvalue weighted by atomic mass is 19.2. The molecule has 1 atom stereocenters. The molecule has 8 bridgehead atoms. The van der Waals surface area contributed by atoms with Gasteiger partial charge in [-0.3, -0.25) is 4.99 Å². The summed E-state index contributed by atoms with van der Waals surface area (Å²) in [4.78, 5) is 17.3. The summed E-state index contributed by atoms with van der Waals surface area (Å²) in [7, 11) is 0. The Hall–Kier alpha value is -10.5. The van der Waals surface area contributed by atoms with Crippen molar-refractivity contribution in [2.24, 2.45) is 9.98 Å². The smallest absolute Gasteiger partial charge is 0.200 e. The van der Waals surface area contributed by atoms with E-state index in [1.54, 1.807) is 0 Å². The number of rotatable bonds is 7. The van der Waals surface area contributed by atoms with Gasteiger partial charge >= 0.3 is 0 Å². The average molecular weight is 1280 g/mol. The minimum absolute atomic E-state index is 0.452. The van der Waals surface area contributed by atoms with Crippen LogP contribution in [0.15, 0.2) is 100 Å². The van der Waals surface area contributed by atoms with Crippen molar-refractivity contribution < 1.29 is 110 Å². The van der Waals surface area contributed by atoms with Gasteiger partial charge in [0.25, 0.3) is 0 Å². The van der Waals surface area contributed by atoms with Gasteiger partial charge in [-0.05, 0) is 72.8 Å². The van der Waals surface area contributed by atoms with Gasteiger partial charge in [0.15, 0.2) is 116 Å². The van der Waals surface area contributed by atoms with Crippen molar-refractivity contribution in [2.45, 2.75) is 5.41 Å². The van der Waals surface area contributed by atoms with Crippen LogP contribution in [0.4, 0.5) is 110 Å². The number of aromatic amines is 4. The van der Waals surface area contributed by atoms with Gasteiger partial charge < -0.3 is 19.9 Å². The molecule has 0 saturated carbocycles. The third-order valence-corrected chi connectivity index (χ3v) is 14.7. The average Bonchev–Trinajstić information content (AvgIpc) is 1.45. The predicted molar refractivity (Wildman–Crippen MR) is 263 cm³/mol. The zero-order valence-corrected chi connectivity index (χ0v) is 42.8. The zero-order valence-electron chi connectivity index (χ0n) is 42.8. The molecular formula is C59H17F25N6. The van der Waals surface area contributed by atoms with Crippen molar-refractivity contribution in [3.63, 3.8) is 0 Å². The van der Waals surface area contributed by atoms with Gasteiger partial charge in [0.05, 0.1) is 50.6 Å². The van der Waals surface area contributed by atoms with Crippen LogP contribution in [0.5, 0.6) is 0 Å². The molecule has 458 valence electrons. The lowest BCUT2D eigenvalue weighted by molar-refractivity contribution is 0.364. The van der Waals surface area contributed by atoms with Crippen molar-refractivity contribution in [3.8, 4) is 0 Å². The first-order valence-electron chi connectivity index (χ1n) is 24.7.